The Morgan fingerprint density at radius 1 is 1.23 bits per heavy atom. The molecule has 0 radical (unpaired) electrons. The Hall–Kier alpha value is -2.96. The normalized spacial score (nSPS) is 19.2. The molecule has 156 valence electrons. The standard InChI is InChI=1S/C23H24FN3O3/c24-18-6-2-1-4-15(18)11-23(22(30)25-16-8-9-16)12-27(13-23)20-17(21(28)29)10-14-5-3-7-19(14)26-20/h1-2,4,6,10,16H,3,5,7-9,11-13H2,(H,25,30)(H,28,29). The van der Waals surface area contributed by atoms with Gasteiger partial charge in [0.1, 0.15) is 17.2 Å². The Morgan fingerprint density at radius 3 is 2.70 bits per heavy atom. The summed E-state index contributed by atoms with van der Waals surface area (Å²) in [5.41, 5.74) is 1.84. The van der Waals surface area contributed by atoms with E-state index in [-0.39, 0.29) is 29.8 Å². The molecule has 1 aromatic carbocycles. The number of halogens is 1. The van der Waals surface area contributed by atoms with E-state index in [0.29, 0.717) is 24.5 Å². The highest BCUT2D eigenvalue weighted by Crippen LogP contribution is 2.40. The van der Waals surface area contributed by atoms with Crippen LogP contribution in [0.4, 0.5) is 10.2 Å². The lowest BCUT2D eigenvalue weighted by atomic mass is 9.73. The number of nitrogens with one attached hydrogen (secondary N) is 1. The Balaban J connectivity index is 1.44. The SMILES string of the molecule is O=C(O)c1cc2c(nc1N1CC(Cc3ccccc3F)(C(=O)NC3CC3)C1)CCC2. The fraction of sp³-hybridized carbons (Fsp3) is 0.435. The summed E-state index contributed by atoms with van der Waals surface area (Å²) in [6, 6.07) is 8.46. The van der Waals surface area contributed by atoms with E-state index in [1.807, 2.05) is 4.90 Å². The zero-order valence-corrected chi connectivity index (χ0v) is 16.7. The van der Waals surface area contributed by atoms with Crippen LogP contribution in [0.3, 0.4) is 0 Å². The molecule has 1 saturated carbocycles. The van der Waals surface area contributed by atoms with Gasteiger partial charge < -0.3 is 15.3 Å². The number of carbonyl (C=O) groups is 2. The maximum Gasteiger partial charge on any atom is 0.339 e. The third-order valence-corrected chi connectivity index (χ3v) is 6.43. The lowest BCUT2D eigenvalue weighted by Crippen LogP contribution is -2.65. The summed E-state index contributed by atoms with van der Waals surface area (Å²) in [5.74, 6) is -0.994. The molecule has 1 saturated heterocycles. The van der Waals surface area contributed by atoms with Crippen LogP contribution in [0.5, 0.6) is 0 Å². The van der Waals surface area contributed by atoms with Crippen LogP contribution in [-0.2, 0) is 24.1 Å². The monoisotopic (exact) mass is 409 g/mol. The molecule has 5 rings (SSSR count). The number of benzene rings is 1. The number of aromatic nitrogens is 1. The van der Waals surface area contributed by atoms with Gasteiger partial charge in [0.25, 0.3) is 0 Å². The number of nitrogens with zero attached hydrogens (tertiary/aromatic N) is 2. The minimum atomic E-state index is -1.01. The molecule has 2 N–H and O–H groups in total. The van der Waals surface area contributed by atoms with Crippen LogP contribution in [0.1, 0.15) is 46.4 Å². The number of amides is 1. The molecule has 1 aliphatic heterocycles. The summed E-state index contributed by atoms with van der Waals surface area (Å²) in [6.07, 6.45) is 4.90. The predicted molar refractivity (Wildman–Crippen MR) is 109 cm³/mol. The van der Waals surface area contributed by atoms with Gasteiger partial charge in [0.15, 0.2) is 0 Å². The number of carboxylic acids is 1. The van der Waals surface area contributed by atoms with Crippen molar-refractivity contribution in [2.75, 3.05) is 18.0 Å². The maximum absolute atomic E-state index is 14.3. The van der Waals surface area contributed by atoms with Crippen molar-refractivity contribution < 1.29 is 19.1 Å². The first-order valence-electron chi connectivity index (χ1n) is 10.5. The summed E-state index contributed by atoms with van der Waals surface area (Å²) < 4.78 is 14.3. The largest absolute Gasteiger partial charge is 0.478 e. The topological polar surface area (TPSA) is 82.5 Å². The third kappa shape index (κ3) is 3.32. The molecule has 1 amide bonds. The second-order valence-corrected chi connectivity index (χ2v) is 8.78. The van der Waals surface area contributed by atoms with Crippen molar-refractivity contribution in [3.8, 4) is 0 Å². The van der Waals surface area contributed by atoms with Crippen molar-refractivity contribution in [2.45, 2.75) is 44.6 Å². The minimum Gasteiger partial charge on any atom is -0.478 e. The van der Waals surface area contributed by atoms with Gasteiger partial charge in [-0.25, -0.2) is 14.2 Å². The summed E-state index contributed by atoms with van der Waals surface area (Å²) >= 11 is 0. The van der Waals surface area contributed by atoms with Crippen molar-refractivity contribution >= 4 is 17.7 Å². The number of pyridine rings is 1. The van der Waals surface area contributed by atoms with Crippen LogP contribution in [0.2, 0.25) is 0 Å². The molecule has 30 heavy (non-hydrogen) atoms. The molecule has 2 fully saturated rings. The highest BCUT2D eigenvalue weighted by Gasteiger charge is 2.51. The molecule has 1 aromatic heterocycles. The average Bonchev–Trinajstić information content (AvgIpc) is 3.38. The van der Waals surface area contributed by atoms with Gasteiger partial charge in [0.05, 0.1) is 5.41 Å². The van der Waals surface area contributed by atoms with Gasteiger partial charge in [-0.05, 0) is 61.8 Å². The minimum absolute atomic E-state index is 0.0810. The number of carboxylic acid groups (broad SMARTS) is 1. The number of hydrogen-bond donors (Lipinski definition) is 2. The van der Waals surface area contributed by atoms with Crippen LogP contribution >= 0.6 is 0 Å². The van der Waals surface area contributed by atoms with E-state index >= 15 is 0 Å². The molecule has 3 aliphatic rings. The van der Waals surface area contributed by atoms with Crippen molar-refractivity contribution in [1.82, 2.24) is 10.3 Å². The van der Waals surface area contributed by atoms with Crippen molar-refractivity contribution in [1.29, 1.82) is 0 Å². The second kappa shape index (κ2) is 7.07. The molecular formula is C23H24FN3O3. The van der Waals surface area contributed by atoms with Crippen LogP contribution in [-0.4, -0.2) is 41.1 Å². The smallest absolute Gasteiger partial charge is 0.339 e. The summed E-state index contributed by atoms with van der Waals surface area (Å²) in [7, 11) is 0. The lowest BCUT2D eigenvalue weighted by molar-refractivity contribution is -0.132. The number of carbonyl (C=O) groups excluding carboxylic acids is 1. The molecule has 2 aromatic rings. The number of aryl methyl sites for hydroxylation is 2. The molecule has 0 atom stereocenters. The van der Waals surface area contributed by atoms with Gasteiger partial charge in [-0.1, -0.05) is 18.2 Å². The molecular weight excluding hydrogens is 385 g/mol. The Bertz CT molecular complexity index is 1030. The average molecular weight is 409 g/mol. The molecule has 2 aliphatic carbocycles. The van der Waals surface area contributed by atoms with Gasteiger partial charge in [0, 0.05) is 24.8 Å². The van der Waals surface area contributed by atoms with Crippen LogP contribution in [0, 0.1) is 11.2 Å². The van der Waals surface area contributed by atoms with Gasteiger partial charge in [-0.2, -0.15) is 0 Å². The quantitative estimate of drug-likeness (QED) is 0.767. The fourth-order valence-electron chi connectivity index (χ4n) is 4.60. The Labute approximate surface area is 174 Å². The second-order valence-electron chi connectivity index (χ2n) is 8.78. The number of fused-ring (bicyclic) bond motifs is 1. The predicted octanol–water partition coefficient (Wildman–Crippen LogP) is 2.74. The number of aromatic carboxylic acids is 1. The first-order chi connectivity index (χ1) is 14.4. The van der Waals surface area contributed by atoms with Gasteiger partial charge in [-0.15, -0.1) is 0 Å². The highest BCUT2D eigenvalue weighted by atomic mass is 19.1. The molecule has 6 nitrogen and oxygen atoms in total. The van der Waals surface area contributed by atoms with Crippen molar-refractivity contribution in [2.24, 2.45) is 5.41 Å². The van der Waals surface area contributed by atoms with Crippen molar-refractivity contribution in [3.05, 3.63) is 58.5 Å². The zero-order valence-electron chi connectivity index (χ0n) is 16.7. The zero-order chi connectivity index (χ0) is 20.9. The van der Waals surface area contributed by atoms with Crippen LogP contribution < -0.4 is 10.2 Å². The molecule has 0 spiro atoms. The number of hydrogen-bond acceptors (Lipinski definition) is 4. The molecule has 0 unspecified atom stereocenters. The number of rotatable bonds is 6. The van der Waals surface area contributed by atoms with E-state index < -0.39 is 11.4 Å². The van der Waals surface area contributed by atoms with E-state index in [2.05, 4.69) is 10.3 Å². The van der Waals surface area contributed by atoms with E-state index in [0.717, 1.165) is 43.4 Å². The first-order valence-corrected chi connectivity index (χ1v) is 10.5. The van der Waals surface area contributed by atoms with Gasteiger partial charge in [0.2, 0.25) is 5.91 Å². The number of anilines is 1. The first kappa shape index (κ1) is 19.0. The summed E-state index contributed by atoms with van der Waals surface area (Å²) in [6.45, 7) is 0.651. The van der Waals surface area contributed by atoms with Crippen LogP contribution in [0.25, 0.3) is 0 Å². The van der Waals surface area contributed by atoms with E-state index in [4.69, 9.17) is 0 Å². The summed E-state index contributed by atoms with van der Waals surface area (Å²) in [5, 5.41) is 12.8. The van der Waals surface area contributed by atoms with Crippen molar-refractivity contribution in [3.63, 3.8) is 0 Å². The Morgan fingerprint density at radius 2 is 2.00 bits per heavy atom. The van der Waals surface area contributed by atoms with Gasteiger partial charge >= 0.3 is 5.97 Å². The third-order valence-electron chi connectivity index (χ3n) is 6.43. The Kier molecular flexibility index (Phi) is 4.49. The lowest BCUT2D eigenvalue weighted by Gasteiger charge is -2.50. The van der Waals surface area contributed by atoms with E-state index in [9.17, 15) is 19.1 Å². The van der Waals surface area contributed by atoms with Gasteiger partial charge in [-0.3, -0.25) is 4.79 Å². The maximum atomic E-state index is 14.3. The molecule has 7 heteroatoms. The van der Waals surface area contributed by atoms with E-state index in [1.54, 1.807) is 24.3 Å². The van der Waals surface area contributed by atoms with E-state index in [1.165, 1.54) is 6.07 Å². The van der Waals surface area contributed by atoms with Crippen LogP contribution in [0.15, 0.2) is 30.3 Å². The fourth-order valence-corrected chi connectivity index (χ4v) is 4.60. The highest BCUT2D eigenvalue weighted by molar-refractivity contribution is 5.95. The summed E-state index contributed by atoms with van der Waals surface area (Å²) in [4.78, 5) is 31.5. The molecule has 0 bridgehead atoms. The molecule has 2 heterocycles.